The van der Waals surface area contributed by atoms with Crippen LogP contribution in [-0.4, -0.2) is 45.4 Å². The number of aromatic nitrogens is 2. The van der Waals surface area contributed by atoms with Crippen molar-refractivity contribution in [2.24, 2.45) is 0 Å². The average molecular weight is 375 g/mol. The summed E-state index contributed by atoms with van der Waals surface area (Å²) in [5, 5.41) is 2.67. The summed E-state index contributed by atoms with van der Waals surface area (Å²) in [6, 6.07) is 9.71. The van der Waals surface area contributed by atoms with Crippen LogP contribution in [0.15, 0.2) is 46.7 Å². The molecule has 3 aromatic rings. The summed E-state index contributed by atoms with van der Waals surface area (Å²) in [5.41, 5.74) is 2.15. The first-order valence-electron chi connectivity index (χ1n) is 8.32. The standard InChI is InChI=1S/C18H19ClN4OS/c19-15-3-1-14(2-4-15)12-21-5-7-22(8-6-21)13-16-11-17(24)23-9-10-25-18(23)20-16/h1-4,9-11H,5-8,12-13H2. The number of hydrogen-bond acceptors (Lipinski definition) is 5. The monoisotopic (exact) mass is 374 g/mol. The zero-order chi connectivity index (χ0) is 17.2. The Morgan fingerprint density at radius 3 is 2.44 bits per heavy atom. The van der Waals surface area contributed by atoms with Gasteiger partial charge in [-0.05, 0) is 17.7 Å². The molecule has 130 valence electrons. The predicted molar refractivity (Wildman–Crippen MR) is 101 cm³/mol. The molecule has 1 aliphatic rings. The Kier molecular flexibility index (Phi) is 4.85. The van der Waals surface area contributed by atoms with Crippen molar-refractivity contribution in [2.75, 3.05) is 26.2 Å². The molecule has 0 saturated carbocycles. The minimum Gasteiger partial charge on any atom is -0.297 e. The maximum Gasteiger partial charge on any atom is 0.258 e. The lowest BCUT2D eigenvalue weighted by Crippen LogP contribution is -2.45. The van der Waals surface area contributed by atoms with Crippen LogP contribution in [0.1, 0.15) is 11.3 Å². The quantitative estimate of drug-likeness (QED) is 0.704. The lowest BCUT2D eigenvalue weighted by atomic mass is 10.2. The van der Waals surface area contributed by atoms with Gasteiger partial charge in [0.05, 0.1) is 5.69 Å². The number of hydrogen-bond donors (Lipinski definition) is 0. The number of benzene rings is 1. The van der Waals surface area contributed by atoms with Gasteiger partial charge in [0.1, 0.15) is 0 Å². The molecule has 1 aromatic carbocycles. The fourth-order valence-corrected chi connectivity index (χ4v) is 4.02. The van der Waals surface area contributed by atoms with E-state index in [9.17, 15) is 4.79 Å². The number of halogens is 1. The smallest absolute Gasteiger partial charge is 0.258 e. The third-order valence-electron chi connectivity index (χ3n) is 4.53. The van der Waals surface area contributed by atoms with Crippen molar-refractivity contribution in [3.63, 3.8) is 0 Å². The van der Waals surface area contributed by atoms with Gasteiger partial charge in [-0.25, -0.2) is 4.98 Å². The van der Waals surface area contributed by atoms with E-state index in [0.717, 1.165) is 54.9 Å². The largest absolute Gasteiger partial charge is 0.297 e. The fraction of sp³-hybridized carbons (Fsp3) is 0.333. The van der Waals surface area contributed by atoms with E-state index in [4.69, 9.17) is 11.6 Å². The van der Waals surface area contributed by atoms with Crippen LogP contribution in [-0.2, 0) is 13.1 Å². The van der Waals surface area contributed by atoms with E-state index in [1.165, 1.54) is 16.9 Å². The fourth-order valence-electron chi connectivity index (χ4n) is 3.15. The van der Waals surface area contributed by atoms with Crippen molar-refractivity contribution in [3.05, 3.63) is 68.5 Å². The summed E-state index contributed by atoms with van der Waals surface area (Å²) in [4.78, 5) is 22.3. The van der Waals surface area contributed by atoms with E-state index in [-0.39, 0.29) is 5.56 Å². The maximum absolute atomic E-state index is 12.1. The van der Waals surface area contributed by atoms with Crippen LogP contribution in [0, 0.1) is 0 Å². The Morgan fingerprint density at radius 1 is 1.04 bits per heavy atom. The lowest BCUT2D eigenvalue weighted by Gasteiger charge is -2.34. The van der Waals surface area contributed by atoms with Gasteiger partial charge >= 0.3 is 0 Å². The van der Waals surface area contributed by atoms with Gasteiger partial charge in [-0.2, -0.15) is 0 Å². The van der Waals surface area contributed by atoms with Crippen molar-refractivity contribution < 1.29 is 0 Å². The molecule has 0 amide bonds. The highest BCUT2D eigenvalue weighted by atomic mass is 35.5. The predicted octanol–water partition coefficient (Wildman–Crippen LogP) is 2.73. The second kappa shape index (κ2) is 7.25. The Hall–Kier alpha value is -1.73. The van der Waals surface area contributed by atoms with Gasteiger partial charge in [-0.15, -0.1) is 11.3 Å². The van der Waals surface area contributed by atoms with E-state index in [1.807, 2.05) is 17.5 Å². The molecular weight excluding hydrogens is 356 g/mol. The first-order chi connectivity index (χ1) is 12.2. The molecule has 2 aromatic heterocycles. The number of piperazine rings is 1. The summed E-state index contributed by atoms with van der Waals surface area (Å²) in [7, 11) is 0. The second-order valence-electron chi connectivity index (χ2n) is 6.32. The normalized spacial score (nSPS) is 16.5. The first-order valence-corrected chi connectivity index (χ1v) is 9.58. The van der Waals surface area contributed by atoms with E-state index in [2.05, 4.69) is 26.9 Å². The Bertz CT molecular complexity index is 913. The first kappa shape index (κ1) is 16.7. The van der Waals surface area contributed by atoms with Crippen LogP contribution < -0.4 is 5.56 Å². The van der Waals surface area contributed by atoms with Crippen molar-refractivity contribution in [3.8, 4) is 0 Å². The molecule has 0 radical (unpaired) electrons. The summed E-state index contributed by atoms with van der Waals surface area (Å²) in [6.07, 6.45) is 1.77. The van der Waals surface area contributed by atoms with E-state index in [0.29, 0.717) is 0 Å². The third kappa shape index (κ3) is 3.93. The molecule has 0 unspecified atom stereocenters. The zero-order valence-electron chi connectivity index (χ0n) is 13.8. The van der Waals surface area contributed by atoms with Gasteiger partial charge in [-0.3, -0.25) is 19.0 Å². The molecule has 0 spiro atoms. The lowest BCUT2D eigenvalue weighted by molar-refractivity contribution is 0.121. The molecule has 3 heterocycles. The molecule has 5 nitrogen and oxygen atoms in total. The Morgan fingerprint density at radius 2 is 1.72 bits per heavy atom. The minimum atomic E-state index is 0.00243. The van der Waals surface area contributed by atoms with Gasteiger partial charge < -0.3 is 0 Å². The molecule has 0 N–H and O–H groups in total. The molecule has 0 bridgehead atoms. The summed E-state index contributed by atoms with van der Waals surface area (Å²) in [6.45, 7) is 5.69. The number of rotatable bonds is 4. The van der Waals surface area contributed by atoms with Crippen LogP contribution in [0.4, 0.5) is 0 Å². The van der Waals surface area contributed by atoms with E-state index < -0.39 is 0 Å². The summed E-state index contributed by atoms with van der Waals surface area (Å²) in [5.74, 6) is 0. The highest BCUT2D eigenvalue weighted by Crippen LogP contribution is 2.14. The van der Waals surface area contributed by atoms with E-state index >= 15 is 0 Å². The van der Waals surface area contributed by atoms with Gasteiger partial charge in [0.2, 0.25) is 0 Å². The second-order valence-corrected chi connectivity index (χ2v) is 7.63. The molecule has 1 fully saturated rings. The van der Waals surface area contributed by atoms with Gasteiger partial charge in [0.25, 0.3) is 5.56 Å². The highest BCUT2D eigenvalue weighted by Gasteiger charge is 2.18. The molecule has 1 saturated heterocycles. The SMILES string of the molecule is O=c1cc(CN2CCN(Cc3ccc(Cl)cc3)CC2)nc2sccn12. The molecule has 25 heavy (non-hydrogen) atoms. The van der Waals surface area contributed by atoms with Crippen LogP contribution in [0.5, 0.6) is 0 Å². The van der Waals surface area contributed by atoms with Gasteiger partial charge in [0, 0.05) is 61.9 Å². The molecule has 0 aliphatic carbocycles. The van der Waals surface area contributed by atoms with Crippen molar-refractivity contribution in [2.45, 2.75) is 13.1 Å². The number of nitrogens with zero attached hydrogens (tertiary/aromatic N) is 4. The van der Waals surface area contributed by atoms with Crippen LogP contribution in [0.2, 0.25) is 5.02 Å². The van der Waals surface area contributed by atoms with Crippen LogP contribution in [0.3, 0.4) is 0 Å². The van der Waals surface area contributed by atoms with Gasteiger partial charge in [0.15, 0.2) is 4.96 Å². The molecule has 1 aliphatic heterocycles. The number of fused-ring (bicyclic) bond motifs is 1. The molecule has 0 atom stereocenters. The van der Waals surface area contributed by atoms with E-state index in [1.54, 1.807) is 16.7 Å². The average Bonchev–Trinajstić information content (AvgIpc) is 3.08. The molecule has 7 heteroatoms. The number of thiazole rings is 1. The Labute approximate surface area is 155 Å². The molecular formula is C18H19ClN4OS. The van der Waals surface area contributed by atoms with Crippen molar-refractivity contribution >= 4 is 27.9 Å². The van der Waals surface area contributed by atoms with Crippen LogP contribution in [0.25, 0.3) is 4.96 Å². The zero-order valence-corrected chi connectivity index (χ0v) is 15.3. The Balaban J connectivity index is 1.35. The third-order valence-corrected chi connectivity index (χ3v) is 5.53. The molecule has 4 rings (SSSR count). The highest BCUT2D eigenvalue weighted by molar-refractivity contribution is 7.15. The summed E-state index contributed by atoms with van der Waals surface area (Å²) >= 11 is 7.44. The van der Waals surface area contributed by atoms with Crippen LogP contribution >= 0.6 is 22.9 Å². The summed E-state index contributed by atoms with van der Waals surface area (Å²) < 4.78 is 1.60. The van der Waals surface area contributed by atoms with Crippen molar-refractivity contribution in [1.29, 1.82) is 0 Å². The van der Waals surface area contributed by atoms with Gasteiger partial charge in [-0.1, -0.05) is 23.7 Å². The maximum atomic E-state index is 12.1. The van der Waals surface area contributed by atoms with Crippen molar-refractivity contribution in [1.82, 2.24) is 19.2 Å². The topological polar surface area (TPSA) is 40.9 Å². The minimum absolute atomic E-state index is 0.00243.